The van der Waals surface area contributed by atoms with E-state index in [2.05, 4.69) is 5.32 Å². The predicted molar refractivity (Wildman–Crippen MR) is 96.8 cm³/mol. The SMILES string of the molecule is CN(CC(=O)Nc1cccc(F)c1)C(=O)[C@H]1COc2ccc(Cl)cc2C1. The van der Waals surface area contributed by atoms with E-state index in [1.165, 1.54) is 23.1 Å². The average molecular weight is 377 g/mol. The fourth-order valence-corrected chi connectivity index (χ4v) is 3.09. The van der Waals surface area contributed by atoms with Gasteiger partial charge in [0.1, 0.15) is 18.2 Å². The van der Waals surface area contributed by atoms with E-state index in [4.69, 9.17) is 16.3 Å². The highest BCUT2D eigenvalue weighted by Crippen LogP contribution is 2.30. The number of carbonyl (C=O) groups excluding carboxylic acids is 2. The summed E-state index contributed by atoms with van der Waals surface area (Å²) in [7, 11) is 1.56. The highest BCUT2D eigenvalue weighted by atomic mass is 35.5. The monoisotopic (exact) mass is 376 g/mol. The van der Waals surface area contributed by atoms with Crippen molar-refractivity contribution in [3.8, 4) is 5.75 Å². The number of likely N-dealkylation sites (N-methyl/N-ethyl adjacent to an activating group) is 1. The fraction of sp³-hybridized carbons (Fsp3) is 0.263. The molecule has 1 aliphatic heterocycles. The van der Waals surface area contributed by atoms with Gasteiger partial charge in [-0.3, -0.25) is 9.59 Å². The molecular formula is C19H18ClFN2O3. The number of hydrogen-bond acceptors (Lipinski definition) is 3. The number of benzene rings is 2. The first-order valence-corrected chi connectivity index (χ1v) is 8.52. The number of ether oxygens (including phenoxy) is 1. The van der Waals surface area contributed by atoms with Crippen LogP contribution < -0.4 is 10.1 Å². The Morgan fingerprint density at radius 1 is 1.31 bits per heavy atom. The van der Waals surface area contributed by atoms with Crippen LogP contribution in [0, 0.1) is 11.7 Å². The summed E-state index contributed by atoms with van der Waals surface area (Å²) in [6.07, 6.45) is 0.505. The third-order valence-corrected chi connectivity index (χ3v) is 4.38. The molecule has 26 heavy (non-hydrogen) atoms. The highest BCUT2D eigenvalue weighted by Gasteiger charge is 2.29. The van der Waals surface area contributed by atoms with Gasteiger partial charge >= 0.3 is 0 Å². The molecule has 0 spiro atoms. The first-order valence-electron chi connectivity index (χ1n) is 8.14. The summed E-state index contributed by atoms with van der Waals surface area (Å²) in [5, 5.41) is 3.16. The second-order valence-corrected chi connectivity index (χ2v) is 6.65. The molecule has 3 rings (SSSR count). The second kappa shape index (κ2) is 7.74. The summed E-state index contributed by atoms with van der Waals surface area (Å²) < 4.78 is 18.8. The Balaban J connectivity index is 1.58. The summed E-state index contributed by atoms with van der Waals surface area (Å²) >= 11 is 5.99. The number of halogens is 2. The van der Waals surface area contributed by atoms with Gasteiger partial charge in [0, 0.05) is 17.8 Å². The Labute approximate surface area is 155 Å². The number of nitrogens with one attached hydrogen (secondary N) is 1. The van der Waals surface area contributed by atoms with E-state index in [1.807, 2.05) is 0 Å². The van der Waals surface area contributed by atoms with E-state index in [9.17, 15) is 14.0 Å². The molecule has 2 aromatic carbocycles. The maximum atomic E-state index is 13.2. The molecule has 2 aromatic rings. The van der Waals surface area contributed by atoms with Crippen molar-refractivity contribution in [2.24, 2.45) is 5.92 Å². The minimum Gasteiger partial charge on any atom is -0.492 e. The van der Waals surface area contributed by atoms with Crippen LogP contribution in [-0.2, 0) is 16.0 Å². The molecule has 136 valence electrons. The van der Waals surface area contributed by atoms with Crippen LogP contribution >= 0.6 is 11.6 Å². The fourth-order valence-electron chi connectivity index (χ4n) is 2.89. The number of anilines is 1. The van der Waals surface area contributed by atoms with Crippen molar-refractivity contribution in [1.29, 1.82) is 0 Å². The standard InChI is InChI=1S/C19H18ClFN2O3/c1-23(10-18(24)22-16-4-2-3-15(21)9-16)19(25)13-7-12-8-14(20)5-6-17(12)26-11-13/h2-6,8-9,13H,7,10-11H2,1H3,(H,22,24)/t13-/m1/s1. The molecule has 0 saturated heterocycles. The topological polar surface area (TPSA) is 58.6 Å². The van der Waals surface area contributed by atoms with Gasteiger partial charge in [0.05, 0.1) is 12.5 Å². The van der Waals surface area contributed by atoms with E-state index >= 15 is 0 Å². The van der Waals surface area contributed by atoms with Crippen LogP contribution in [0.15, 0.2) is 42.5 Å². The molecule has 0 fully saturated rings. The molecule has 1 aliphatic rings. The number of carbonyl (C=O) groups is 2. The minimum atomic E-state index is -0.441. The lowest BCUT2D eigenvalue weighted by molar-refractivity contribution is -0.138. The van der Waals surface area contributed by atoms with Crippen molar-refractivity contribution < 1.29 is 18.7 Å². The average Bonchev–Trinajstić information content (AvgIpc) is 2.60. The van der Waals surface area contributed by atoms with Crippen molar-refractivity contribution in [2.45, 2.75) is 6.42 Å². The minimum absolute atomic E-state index is 0.131. The van der Waals surface area contributed by atoms with E-state index in [1.54, 1.807) is 31.3 Å². The van der Waals surface area contributed by atoms with Gasteiger partial charge in [-0.1, -0.05) is 17.7 Å². The third kappa shape index (κ3) is 4.32. The molecule has 0 aromatic heterocycles. The van der Waals surface area contributed by atoms with Crippen LogP contribution in [0.3, 0.4) is 0 Å². The first-order chi connectivity index (χ1) is 12.4. The maximum absolute atomic E-state index is 13.2. The van der Waals surface area contributed by atoms with Crippen molar-refractivity contribution >= 4 is 29.1 Å². The van der Waals surface area contributed by atoms with Gasteiger partial charge in [0.2, 0.25) is 11.8 Å². The summed E-state index contributed by atoms with van der Waals surface area (Å²) in [5.41, 5.74) is 1.22. The lowest BCUT2D eigenvalue weighted by atomic mass is 9.95. The largest absolute Gasteiger partial charge is 0.492 e. The number of fused-ring (bicyclic) bond motifs is 1. The lowest BCUT2D eigenvalue weighted by Gasteiger charge is -2.28. The number of hydrogen-bond donors (Lipinski definition) is 1. The Morgan fingerprint density at radius 2 is 2.12 bits per heavy atom. The van der Waals surface area contributed by atoms with Gasteiger partial charge in [-0.25, -0.2) is 4.39 Å². The molecular weight excluding hydrogens is 359 g/mol. The van der Waals surface area contributed by atoms with E-state index < -0.39 is 11.7 Å². The number of nitrogens with zero attached hydrogens (tertiary/aromatic N) is 1. The zero-order chi connectivity index (χ0) is 18.7. The molecule has 7 heteroatoms. The van der Waals surface area contributed by atoms with Crippen LogP contribution in [-0.4, -0.2) is 36.9 Å². The normalized spacial score (nSPS) is 15.6. The molecule has 0 saturated carbocycles. The van der Waals surface area contributed by atoms with E-state index in [-0.39, 0.29) is 25.0 Å². The van der Waals surface area contributed by atoms with Gasteiger partial charge in [0.15, 0.2) is 0 Å². The molecule has 1 heterocycles. The van der Waals surface area contributed by atoms with Crippen LogP contribution in [0.4, 0.5) is 10.1 Å². The molecule has 0 radical (unpaired) electrons. The highest BCUT2D eigenvalue weighted by molar-refractivity contribution is 6.30. The van der Waals surface area contributed by atoms with Gasteiger partial charge < -0.3 is 15.0 Å². The van der Waals surface area contributed by atoms with Gasteiger partial charge in [-0.2, -0.15) is 0 Å². The van der Waals surface area contributed by atoms with Gasteiger partial charge in [-0.05, 0) is 48.4 Å². The first kappa shape index (κ1) is 18.2. The summed E-state index contributed by atoms with van der Waals surface area (Å²) in [6.45, 7) is 0.123. The van der Waals surface area contributed by atoms with Crippen LogP contribution in [0.25, 0.3) is 0 Å². The predicted octanol–water partition coefficient (Wildman–Crippen LogP) is 3.13. The van der Waals surface area contributed by atoms with Crippen molar-refractivity contribution in [2.75, 3.05) is 25.5 Å². The van der Waals surface area contributed by atoms with E-state index in [0.29, 0.717) is 17.1 Å². The molecule has 5 nitrogen and oxygen atoms in total. The Kier molecular flexibility index (Phi) is 5.42. The summed E-state index contributed by atoms with van der Waals surface area (Å²) in [4.78, 5) is 26.0. The summed E-state index contributed by atoms with van der Waals surface area (Å²) in [6, 6.07) is 10.9. The third-order valence-electron chi connectivity index (χ3n) is 4.14. The molecule has 0 unspecified atom stereocenters. The Morgan fingerprint density at radius 3 is 2.88 bits per heavy atom. The second-order valence-electron chi connectivity index (χ2n) is 6.22. The van der Waals surface area contributed by atoms with E-state index in [0.717, 1.165) is 11.3 Å². The zero-order valence-corrected chi connectivity index (χ0v) is 14.9. The van der Waals surface area contributed by atoms with Gasteiger partial charge in [0.25, 0.3) is 0 Å². The van der Waals surface area contributed by atoms with Crippen LogP contribution in [0.1, 0.15) is 5.56 Å². The molecule has 0 aliphatic carbocycles. The molecule has 1 atom stereocenters. The smallest absolute Gasteiger partial charge is 0.243 e. The van der Waals surface area contributed by atoms with Crippen LogP contribution in [0.2, 0.25) is 5.02 Å². The Hall–Kier alpha value is -2.60. The molecule has 1 N–H and O–H groups in total. The summed E-state index contributed by atoms with van der Waals surface area (Å²) in [5.74, 6) is -0.682. The molecule has 2 amide bonds. The Bertz CT molecular complexity index is 843. The van der Waals surface area contributed by atoms with Crippen LogP contribution in [0.5, 0.6) is 5.75 Å². The van der Waals surface area contributed by atoms with Crippen molar-refractivity contribution in [3.05, 3.63) is 58.9 Å². The van der Waals surface area contributed by atoms with Gasteiger partial charge in [-0.15, -0.1) is 0 Å². The number of rotatable bonds is 4. The quantitative estimate of drug-likeness (QED) is 0.891. The molecule has 0 bridgehead atoms. The lowest BCUT2D eigenvalue weighted by Crippen LogP contribution is -2.42. The maximum Gasteiger partial charge on any atom is 0.243 e. The van der Waals surface area contributed by atoms with Crippen molar-refractivity contribution in [3.63, 3.8) is 0 Å². The number of amides is 2. The zero-order valence-electron chi connectivity index (χ0n) is 14.2. The van der Waals surface area contributed by atoms with Crippen molar-refractivity contribution in [1.82, 2.24) is 4.90 Å².